The van der Waals surface area contributed by atoms with Gasteiger partial charge in [0.1, 0.15) is 11.5 Å². The molecule has 5 nitrogen and oxygen atoms in total. The highest BCUT2D eigenvalue weighted by Crippen LogP contribution is 2.23. The van der Waals surface area contributed by atoms with Gasteiger partial charge in [0, 0.05) is 31.5 Å². The van der Waals surface area contributed by atoms with Crippen LogP contribution in [0.2, 0.25) is 0 Å². The summed E-state index contributed by atoms with van der Waals surface area (Å²) in [5.74, 6) is 1.48. The molecule has 0 aromatic carbocycles. The van der Waals surface area contributed by atoms with Crippen LogP contribution in [0.1, 0.15) is 37.3 Å². The summed E-state index contributed by atoms with van der Waals surface area (Å²) in [6, 6.07) is 0. The van der Waals surface area contributed by atoms with Crippen molar-refractivity contribution in [1.82, 2.24) is 10.1 Å². The van der Waals surface area contributed by atoms with Gasteiger partial charge >= 0.3 is 0 Å². The third-order valence-electron chi connectivity index (χ3n) is 3.04. The molecule has 0 saturated heterocycles. The van der Waals surface area contributed by atoms with E-state index in [-0.39, 0.29) is 5.91 Å². The molecular formula is C12H19N3O2. The largest absolute Gasteiger partial charge is 0.361 e. The fourth-order valence-corrected chi connectivity index (χ4v) is 2.12. The summed E-state index contributed by atoms with van der Waals surface area (Å²) in [6.07, 6.45) is 1.34. The first-order valence-corrected chi connectivity index (χ1v) is 6.06. The SMILES string of the molecule is CC(C)CC(=O)N1CCc2onc(CN)c2C1. The van der Waals surface area contributed by atoms with Crippen LogP contribution in [0, 0.1) is 5.92 Å². The summed E-state index contributed by atoms with van der Waals surface area (Å²) in [4.78, 5) is 13.9. The van der Waals surface area contributed by atoms with Gasteiger partial charge in [0.2, 0.25) is 5.91 Å². The van der Waals surface area contributed by atoms with E-state index in [0.717, 1.165) is 30.0 Å². The van der Waals surface area contributed by atoms with Crippen LogP contribution in [0.15, 0.2) is 4.52 Å². The van der Waals surface area contributed by atoms with E-state index < -0.39 is 0 Å². The monoisotopic (exact) mass is 237 g/mol. The zero-order chi connectivity index (χ0) is 12.4. The van der Waals surface area contributed by atoms with Gasteiger partial charge in [-0.15, -0.1) is 0 Å². The Morgan fingerprint density at radius 3 is 3.00 bits per heavy atom. The second-order valence-corrected chi connectivity index (χ2v) is 4.90. The van der Waals surface area contributed by atoms with E-state index in [4.69, 9.17) is 10.3 Å². The second kappa shape index (κ2) is 4.87. The molecule has 1 aliphatic heterocycles. The molecule has 1 aromatic heterocycles. The third kappa shape index (κ3) is 2.49. The number of carbonyl (C=O) groups is 1. The molecule has 0 atom stereocenters. The Bertz CT molecular complexity index is 398. The molecule has 2 N–H and O–H groups in total. The molecule has 2 heterocycles. The number of amides is 1. The molecule has 17 heavy (non-hydrogen) atoms. The highest BCUT2D eigenvalue weighted by atomic mass is 16.5. The van der Waals surface area contributed by atoms with Crippen molar-refractivity contribution in [1.29, 1.82) is 0 Å². The molecule has 0 unspecified atom stereocenters. The van der Waals surface area contributed by atoms with Crippen LogP contribution in [0.25, 0.3) is 0 Å². The lowest BCUT2D eigenvalue weighted by atomic mass is 10.0. The Balaban J connectivity index is 2.09. The summed E-state index contributed by atoms with van der Waals surface area (Å²) < 4.78 is 5.22. The second-order valence-electron chi connectivity index (χ2n) is 4.90. The van der Waals surface area contributed by atoms with E-state index in [0.29, 0.717) is 25.4 Å². The van der Waals surface area contributed by atoms with Crippen molar-refractivity contribution in [3.63, 3.8) is 0 Å². The van der Waals surface area contributed by atoms with Gasteiger partial charge in [-0.05, 0) is 5.92 Å². The summed E-state index contributed by atoms with van der Waals surface area (Å²) in [5, 5.41) is 3.93. The van der Waals surface area contributed by atoms with Crippen LogP contribution < -0.4 is 5.73 Å². The van der Waals surface area contributed by atoms with Crippen molar-refractivity contribution in [2.75, 3.05) is 6.54 Å². The summed E-state index contributed by atoms with van der Waals surface area (Å²) in [7, 11) is 0. The summed E-state index contributed by atoms with van der Waals surface area (Å²) in [6.45, 7) is 5.79. The summed E-state index contributed by atoms with van der Waals surface area (Å²) in [5.41, 5.74) is 7.38. The minimum Gasteiger partial charge on any atom is -0.361 e. The van der Waals surface area contributed by atoms with Crippen molar-refractivity contribution in [3.8, 4) is 0 Å². The molecule has 0 spiro atoms. The minimum absolute atomic E-state index is 0.204. The van der Waals surface area contributed by atoms with Gasteiger partial charge in [-0.25, -0.2) is 0 Å². The van der Waals surface area contributed by atoms with Gasteiger partial charge in [0.25, 0.3) is 0 Å². The van der Waals surface area contributed by atoms with Crippen LogP contribution in [0.5, 0.6) is 0 Å². The maximum Gasteiger partial charge on any atom is 0.223 e. The van der Waals surface area contributed by atoms with Crippen LogP contribution in [-0.4, -0.2) is 22.5 Å². The number of nitrogens with zero attached hydrogens (tertiary/aromatic N) is 2. The van der Waals surface area contributed by atoms with Gasteiger partial charge in [0.15, 0.2) is 0 Å². The zero-order valence-electron chi connectivity index (χ0n) is 10.4. The van der Waals surface area contributed by atoms with Gasteiger partial charge in [0.05, 0.1) is 6.54 Å². The molecule has 0 aliphatic carbocycles. The van der Waals surface area contributed by atoms with Crippen molar-refractivity contribution >= 4 is 5.91 Å². The normalized spacial score (nSPS) is 15.2. The molecule has 1 amide bonds. The average molecular weight is 237 g/mol. The molecule has 5 heteroatoms. The van der Waals surface area contributed by atoms with Crippen LogP contribution in [0.4, 0.5) is 0 Å². The van der Waals surface area contributed by atoms with Gasteiger partial charge < -0.3 is 15.2 Å². The van der Waals surface area contributed by atoms with Crippen LogP contribution >= 0.6 is 0 Å². The lowest BCUT2D eigenvalue weighted by Crippen LogP contribution is -2.36. The number of fused-ring (bicyclic) bond motifs is 1. The van der Waals surface area contributed by atoms with E-state index in [1.807, 2.05) is 4.90 Å². The molecular weight excluding hydrogens is 218 g/mol. The first-order chi connectivity index (χ1) is 8.11. The van der Waals surface area contributed by atoms with Crippen LogP contribution in [-0.2, 0) is 24.3 Å². The lowest BCUT2D eigenvalue weighted by Gasteiger charge is -2.26. The third-order valence-corrected chi connectivity index (χ3v) is 3.04. The molecule has 94 valence electrons. The number of hydrogen-bond acceptors (Lipinski definition) is 4. The Kier molecular flexibility index (Phi) is 3.47. The van der Waals surface area contributed by atoms with E-state index in [1.54, 1.807) is 0 Å². The fourth-order valence-electron chi connectivity index (χ4n) is 2.12. The number of aromatic nitrogens is 1. The number of carbonyl (C=O) groups excluding carboxylic acids is 1. The molecule has 1 aliphatic rings. The molecule has 0 radical (unpaired) electrons. The predicted molar refractivity (Wildman–Crippen MR) is 63.0 cm³/mol. The van der Waals surface area contributed by atoms with Crippen molar-refractivity contribution in [2.24, 2.45) is 11.7 Å². The number of rotatable bonds is 3. The first kappa shape index (κ1) is 12.1. The predicted octanol–water partition coefficient (Wildman–Crippen LogP) is 1.06. The van der Waals surface area contributed by atoms with E-state index in [2.05, 4.69) is 19.0 Å². The highest BCUT2D eigenvalue weighted by Gasteiger charge is 2.26. The standard InChI is InChI=1S/C12H19N3O2/c1-8(2)5-12(16)15-4-3-11-9(7-15)10(6-13)14-17-11/h8H,3-7,13H2,1-2H3. The Morgan fingerprint density at radius 1 is 1.59 bits per heavy atom. The molecule has 0 saturated carbocycles. The Hall–Kier alpha value is -1.36. The van der Waals surface area contributed by atoms with Crippen molar-refractivity contribution in [3.05, 3.63) is 17.0 Å². The summed E-state index contributed by atoms with van der Waals surface area (Å²) >= 11 is 0. The molecule has 1 aromatic rings. The van der Waals surface area contributed by atoms with Gasteiger partial charge in [-0.3, -0.25) is 4.79 Å². The van der Waals surface area contributed by atoms with E-state index in [9.17, 15) is 4.79 Å². The highest BCUT2D eigenvalue weighted by molar-refractivity contribution is 5.76. The van der Waals surface area contributed by atoms with Gasteiger partial charge in [-0.1, -0.05) is 19.0 Å². The Morgan fingerprint density at radius 2 is 2.35 bits per heavy atom. The fraction of sp³-hybridized carbons (Fsp3) is 0.667. The first-order valence-electron chi connectivity index (χ1n) is 6.06. The lowest BCUT2D eigenvalue weighted by molar-refractivity contribution is -0.132. The van der Waals surface area contributed by atoms with Crippen LogP contribution in [0.3, 0.4) is 0 Å². The average Bonchev–Trinajstić information content (AvgIpc) is 2.69. The smallest absolute Gasteiger partial charge is 0.223 e. The maximum atomic E-state index is 12.0. The molecule has 0 fully saturated rings. The zero-order valence-corrected chi connectivity index (χ0v) is 10.4. The topological polar surface area (TPSA) is 72.4 Å². The van der Waals surface area contributed by atoms with E-state index >= 15 is 0 Å². The quantitative estimate of drug-likeness (QED) is 0.853. The van der Waals surface area contributed by atoms with Crippen molar-refractivity contribution in [2.45, 2.75) is 39.8 Å². The molecule has 2 rings (SSSR count). The molecule has 0 bridgehead atoms. The Labute approximate surface area is 101 Å². The number of nitrogens with two attached hydrogens (primary N) is 1. The maximum absolute atomic E-state index is 12.0. The number of hydrogen-bond donors (Lipinski definition) is 1. The van der Waals surface area contributed by atoms with E-state index in [1.165, 1.54) is 0 Å². The minimum atomic E-state index is 0.204. The van der Waals surface area contributed by atoms with Crippen molar-refractivity contribution < 1.29 is 9.32 Å². The van der Waals surface area contributed by atoms with Gasteiger partial charge in [-0.2, -0.15) is 0 Å².